The van der Waals surface area contributed by atoms with Crippen molar-refractivity contribution in [2.24, 2.45) is 0 Å². The third kappa shape index (κ3) is 4.36. The molecular formula is C24H16ClF3N2O2S. The van der Waals surface area contributed by atoms with Crippen LogP contribution in [0.15, 0.2) is 70.5 Å². The normalized spacial score (nSPS) is 11.0. The lowest BCUT2D eigenvalue weighted by molar-refractivity contribution is 0.360. The monoisotopic (exact) mass is 488 g/mol. The molecule has 9 heteroatoms. The van der Waals surface area contributed by atoms with E-state index >= 15 is 0 Å². The molecule has 0 atom stereocenters. The summed E-state index contributed by atoms with van der Waals surface area (Å²) in [5.74, 6) is -3.12. The lowest BCUT2D eigenvalue weighted by atomic mass is 9.97. The minimum absolute atomic E-state index is 0.00380. The van der Waals surface area contributed by atoms with Gasteiger partial charge in [-0.15, -0.1) is 11.8 Å². The van der Waals surface area contributed by atoms with Gasteiger partial charge < -0.3 is 4.74 Å². The summed E-state index contributed by atoms with van der Waals surface area (Å²) in [5, 5.41) is 4.02. The number of halogens is 4. The summed E-state index contributed by atoms with van der Waals surface area (Å²) in [6.07, 6.45) is 3.35. The fraction of sp³-hybridized carbons (Fsp3) is 0.0833. The van der Waals surface area contributed by atoms with Crippen molar-refractivity contribution in [1.82, 2.24) is 9.78 Å². The van der Waals surface area contributed by atoms with Gasteiger partial charge >= 0.3 is 0 Å². The minimum atomic E-state index is -0.955. The van der Waals surface area contributed by atoms with Gasteiger partial charge in [0.2, 0.25) is 0 Å². The van der Waals surface area contributed by atoms with Gasteiger partial charge in [0.25, 0.3) is 5.56 Å². The molecule has 0 unspecified atom stereocenters. The topological polar surface area (TPSA) is 44.1 Å². The number of benzene rings is 3. The van der Waals surface area contributed by atoms with Crippen molar-refractivity contribution >= 4 is 23.4 Å². The second kappa shape index (κ2) is 9.33. The lowest BCUT2D eigenvalue weighted by Gasteiger charge is -2.14. The van der Waals surface area contributed by atoms with E-state index in [0.717, 1.165) is 34.9 Å². The Kier molecular flexibility index (Phi) is 6.49. The van der Waals surface area contributed by atoms with E-state index in [1.807, 2.05) is 18.4 Å². The van der Waals surface area contributed by atoms with Crippen molar-refractivity contribution in [3.8, 4) is 33.7 Å². The predicted molar refractivity (Wildman–Crippen MR) is 124 cm³/mol. The molecule has 0 bridgehead atoms. The van der Waals surface area contributed by atoms with Gasteiger partial charge in [0.05, 0.1) is 29.6 Å². The zero-order chi connectivity index (χ0) is 23.7. The smallest absolute Gasteiger partial charge is 0.280 e. The summed E-state index contributed by atoms with van der Waals surface area (Å²) in [5.41, 5.74) is 0.570. The van der Waals surface area contributed by atoms with Crippen LogP contribution >= 0.6 is 23.4 Å². The van der Waals surface area contributed by atoms with Gasteiger partial charge in [0, 0.05) is 10.5 Å². The molecule has 0 saturated carbocycles. The third-order valence-electron chi connectivity index (χ3n) is 5.02. The van der Waals surface area contributed by atoms with Crippen LogP contribution in [-0.4, -0.2) is 23.1 Å². The second-order valence-electron chi connectivity index (χ2n) is 6.95. The average Bonchev–Trinajstić information content (AvgIpc) is 2.80. The van der Waals surface area contributed by atoms with Gasteiger partial charge in [0.1, 0.15) is 5.82 Å². The number of rotatable bonds is 5. The zero-order valence-corrected chi connectivity index (χ0v) is 19.0. The second-order valence-corrected chi connectivity index (χ2v) is 8.24. The fourth-order valence-corrected chi connectivity index (χ4v) is 4.00. The van der Waals surface area contributed by atoms with E-state index in [1.165, 1.54) is 18.3 Å². The summed E-state index contributed by atoms with van der Waals surface area (Å²) in [7, 11) is 1.15. The first-order valence-electron chi connectivity index (χ1n) is 9.59. The van der Waals surface area contributed by atoms with Crippen molar-refractivity contribution in [2.75, 3.05) is 13.4 Å². The van der Waals surface area contributed by atoms with E-state index in [-0.39, 0.29) is 21.8 Å². The lowest BCUT2D eigenvalue weighted by Crippen LogP contribution is -2.23. The Hall–Kier alpha value is -3.23. The third-order valence-corrected chi connectivity index (χ3v) is 6.05. The molecule has 0 aliphatic heterocycles. The molecular weight excluding hydrogens is 473 g/mol. The maximum atomic E-state index is 14.5. The molecule has 4 nitrogen and oxygen atoms in total. The quantitative estimate of drug-likeness (QED) is 0.306. The first kappa shape index (κ1) is 22.9. The Morgan fingerprint density at radius 1 is 0.939 bits per heavy atom. The van der Waals surface area contributed by atoms with Crippen LogP contribution in [-0.2, 0) is 0 Å². The Labute approximate surface area is 196 Å². The molecule has 1 heterocycles. The summed E-state index contributed by atoms with van der Waals surface area (Å²) in [4.78, 5) is 14.5. The molecule has 0 N–H and O–H groups in total. The van der Waals surface area contributed by atoms with Crippen molar-refractivity contribution in [3.63, 3.8) is 0 Å². The largest absolute Gasteiger partial charge is 0.491 e. The highest BCUT2D eigenvalue weighted by atomic mass is 35.5. The highest BCUT2D eigenvalue weighted by Gasteiger charge is 2.20. The van der Waals surface area contributed by atoms with Crippen LogP contribution in [0.2, 0.25) is 5.02 Å². The molecule has 0 spiro atoms. The molecule has 0 aliphatic rings. The molecule has 4 rings (SSSR count). The molecule has 0 saturated heterocycles. The van der Waals surface area contributed by atoms with E-state index in [2.05, 4.69) is 5.10 Å². The standard InChI is InChI=1S/C24H16ClF3N2O2S/c1-32-23-20(27)9-14(10-21(23)28)22-17(13-3-6-16(33-2)7-4-13)12-29-30(24(22)31)15-5-8-19(26)18(25)11-15/h3-12H,1-2H3. The summed E-state index contributed by atoms with van der Waals surface area (Å²) < 4.78 is 48.4. The van der Waals surface area contributed by atoms with Gasteiger partial charge in [-0.3, -0.25) is 4.79 Å². The van der Waals surface area contributed by atoms with Gasteiger partial charge in [-0.1, -0.05) is 23.7 Å². The van der Waals surface area contributed by atoms with Crippen LogP contribution in [0.5, 0.6) is 5.75 Å². The number of hydrogen-bond acceptors (Lipinski definition) is 4. The van der Waals surface area contributed by atoms with Crippen LogP contribution in [0.4, 0.5) is 13.2 Å². The minimum Gasteiger partial charge on any atom is -0.491 e. The molecule has 33 heavy (non-hydrogen) atoms. The van der Waals surface area contributed by atoms with Crippen LogP contribution in [0.1, 0.15) is 0 Å². The summed E-state index contributed by atoms with van der Waals surface area (Å²) >= 11 is 7.42. The number of thioether (sulfide) groups is 1. The molecule has 0 aliphatic carbocycles. The molecule has 4 aromatic rings. The number of methoxy groups -OCH3 is 1. The maximum absolute atomic E-state index is 14.5. The Morgan fingerprint density at radius 2 is 1.61 bits per heavy atom. The average molecular weight is 489 g/mol. The van der Waals surface area contributed by atoms with E-state index in [1.54, 1.807) is 23.9 Å². The van der Waals surface area contributed by atoms with Crippen molar-refractivity contribution in [1.29, 1.82) is 0 Å². The van der Waals surface area contributed by atoms with E-state index < -0.39 is 28.8 Å². The van der Waals surface area contributed by atoms with Crippen molar-refractivity contribution in [3.05, 3.63) is 93.6 Å². The SMILES string of the molecule is COc1c(F)cc(-c2c(-c3ccc(SC)cc3)cnn(-c3ccc(F)c(Cl)c3)c2=O)cc1F. The van der Waals surface area contributed by atoms with Crippen molar-refractivity contribution < 1.29 is 17.9 Å². The summed E-state index contributed by atoms with van der Waals surface area (Å²) in [6, 6.07) is 13.1. The van der Waals surface area contributed by atoms with E-state index in [4.69, 9.17) is 16.3 Å². The zero-order valence-electron chi connectivity index (χ0n) is 17.4. The van der Waals surface area contributed by atoms with Crippen LogP contribution < -0.4 is 10.3 Å². The molecule has 0 amide bonds. The van der Waals surface area contributed by atoms with Gasteiger partial charge in [-0.05, 0) is 59.8 Å². The van der Waals surface area contributed by atoms with Gasteiger partial charge in [0.15, 0.2) is 17.4 Å². The fourth-order valence-electron chi connectivity index (χ4n) is 3.42. The van der Waals surface area contributed by atoms with Crippen LogP contribution in [0, 0.1) is 17.5 Å². The van der Waals surface area contributed by atoms with Crippen LogP contribution in [0.25, 0.3) is 27.9 Å². The number of hydrogen-bond donors (Lipinski definition) is 0. The Balaban J connectivity index is 2.01. The molecule has 1 aromatic heterocycles. The maximum Gasteiger partial charge on any atom is 0.280 e. The van der Waals surface area contributed by atoms with E-state index in [9.17, 15) is 18.0 Å². The highest BCUT2D eigenvalue weighted by Crippen LogP contribution is 2.34. The molecule has 0 radical (unpaired) electrons. The first-order chi connectivity index (χ1) is 15.8. The molecule has 3 aromatic carbocycles. The molecule has 0 fully saturated rings. The van der Waals surface area contributed by atoms with E-state index in [0.29, 0.717) is 11.1 Å². The Bertz CT molecular complexity index is 1390. The highest BCUT2D eigenvalue weighted by molar-refractivity contribution is 7.98. The first-order valence-corrected chi connectivity index (χ1v) is 11.2. The number of aromatic nitrogens is 2. The van der Waals surface area contributed by atoms with Gasteiger partial charge in [-0.2, -0.15) is 9.78 Å². The Morgan fingerprint density at radius 3 is 2.18 bits per heavy atom. The predicted octanol–water partition coefficient (Wildman–Crippen LogP) is 6.37. The van der Waals surface area contributed by atoms with Crippen molar-refractivity contribution in [2.45, 2.75) is 4.90 Å². The van der Waals surface area contributed by atoms with Crippen LogP contribution in [0.3, 0.4) is 0 Å². The molecule has 168 valence electrons. The van der Waals surface area contributed by atoms with Gasteiger partial charge in [-0.25, -0.2) is 13.2 Å². The number of ether oxygens (including phenoxy) is 1. The summed E-state index contributed by atoms with van der Waals surface area (Å²) in [6.45, 7) is 0. The number of nitrogens with zero attached hydrogens (tertiary/aromatic N) is 2.